The molecule has 0 bridgehead atoms. The predicted molar refractivity (Wildman–Crippen MR) is 83.3 cm³/mol. The molecule has 1 aliphatic heterocycles. The maximum Gasteiger partial charge on any atom is 0.0766 e. The number of nitrogens with two attached hydrogens (primary N) is 1. The number of aryl methyl sites for hydroxylation is 2. The number of nitrogens with zero attached hydrogens (tertiary/aromatic N) is 2. The number of aromatic nitrogens is 2. The van der Waals surface area contributed by atoms with E-state index in [1.807, 2.05) is 11.7 Å². The lowest BCUT2D eigenvalue weighted by molar-refractivity contribution is 0.0995. The fourth-order valence-corrected chi connectivity index (χ4v) is 3.56. The lowest BCUT2D eigenvalue weighted by Gasteiger charge is -2.18. The molecule has 1 aromatic heterocycles. The van der Waals surface area contributed by atoms with Crippen molar-refractivity contribution in [1.82, 2.24) is 15.2 Å². The topological polar surface area (TPSA) is 65.1 Å². The molecule has 2 rings (SSSR count). The molecule has 3 N–H and O–H groups in total. The third-order valence-electron chi connectivity index (χ3n) is 4.04. The van der Waals surface area contributed by atoms with Crippen molar-refractivity contribution in [3.8, 4) is 0 Å². The summed E-state index contributed by atoms with van der Waals surface area (Å²) in [5.74, 6) is 5.71. The molecular weight excluding hydrogens is 320 g/mol. The van der Waals surface area contributed by atoms with Crippen LogP contribution in [0.15, 0.2) is 4.47 Å². The largest absolute Gasteiger partial charge is 0.378 e. The molecule has 1 saturated heterocycles. The second kappa shape index (κ2) is 7.54. The van der Waals surface area contributed by atoms with E-state index in [2.05, 4.69) is 33.4 Å². The standard InChI is InChI=1S/C14H25BrN4O/c1-3-12-14(15)13(19(2)18-12)9-10(17-16)6-7-11-5-4-8-20-11/h10-11,17H,3-9,16H2,1-2H3. The SMILES string of the molecule is CCc1nn(C)c(CC(CCC2CCCO2)NN)c1Br. The van der Waals surface area contributed by atoms with Crippen LogP contribution in [-0.2, 0) is 24.6 Å². The lowest BCUT2D eigenvalue weighted by Crippen LogP contribution is -2.37. The highest BCUT2D eigenvalue weighted by atomic mass is 79.9. The Morgan fingerprint density at radius 1 is 1.60 bits per heavy atom. The molecule has 0 spiro atoms. The van der Waals surface area contributed by atoms with Gasteiger partial charge in [0.25, 0.3) is 0 Å². The van der Waals surface area contributed by atoms with Crippen LogP contribution >= 0.6 is 15.9 Å². The number of hydrogen-bond donors (Lipinski definition) is 2. The van der Waals surface area contributed by atoms with Crippen LogP contribution in [0.1, 0.15) is 44.0 Å². The van der Waals surface area contributed by atoms with Crippen LogP contribution in [0.2, 0.25) is 0 Å². The third kappa shape index (κ3) is 3.81. The molecule has 0 aromatic carbocycles. The van der Waals surface area contributed by atoms with Crippen LogP contribution in [0.3, 0.4) is 0 Å². The van der Waals surface area contributed by atoms with Crippen LogP contribution < -0.4 is 11.3 Å². The number of ether oxygens (including phenoxy) is 1. The molecule has 114 valence electrons. The molecule has 0 aliphatic carbocycles. The molecule has 20 heavy (non-hydrogen) atoms. The van der Waals surface area contributed by atoms with E-state index in [9.17, 15) is 0 Å². The lowest BCUT2D eigenvalue weighted by atomic mass is 10.0. The Bertz CT molecular complexity index is 429. The van der Waals surface area contributed by atoms with Gasteiger partial charge in [0.1, 0.15) is 0 Å². The van der Waals surface area contributed by atoms with Gasteiger partial charge in [-0.1, -0.05) is 6.92 Å². The molecule has 6 heteroatoms. The van der Waals surface area contributed by atoms with E-state index >= 15 is 0 Å². The number of halogens is 1. The van der Waals surface area contributed by atoms with E-state index in [4.69, 9.17) is 10.6 Å². The summed E-state index contributed by atoms with van der Waals surface area (Å²) < 4.78 is 8.75. The van der Waals surface area contributed by atoms with Crippen molar-refractivity contribution in [3.05, 3.63) is 15.9 Å². The summed E-state index contributed by atoms with van der Waals surface area (Å²) in [7, 11) is 1.99. The fraction of sp³-hybridized carbons (Fsp3) is 0.786. The highest BCUT2D eigenvalue weighted by Gasteiger charge is 2.20. The van der Waals surface area contributed by atoms with E-state index in [0.29, 0.717) is 6.10 Å². The molecular formula is C14H25BrN4O. The van der Waals surface area contributed by atoms with E-state index in [1.54, 1.807) is 0 Å². The number of nitrogens with one attached hydrogen (secondary N) is 1. The Morgan fingerprint density at radius 3 is 2.95 bits per heavy atom. The minimum Gasteiger partial charge on any atom is -0.378 e. The van der Waals surface area contributed by atoms with E-state index in [1.165, 1.54) is 18.5 Å². The van der Waals surface area contributed by atoms with Crippen LogP contribution in [0.5, 0.6) is 0 Å². The van der Waals surface area contributed by atoms with Gasteiger partial charge in [-0.3, -0.25) is 16.0 Å². The fourth-order valence-electron chi connectivity index (χ4n) is 2.78. The Balaban J connectivity index is 1.93. The monoisotopic (exact) mass is 344 g/mol. The molecule has 1 fully saturated rings. The van der Waals surface area contributed by atoms with E-state index in [0.717, 1.165) is 42.5 Å². The first-order valence-corrected chi connectivity index (χ1v) is 8.23. The minimum atomic E-state index is 0.260. The molecule has 0 saturated carbocycles. The van der Waals surface area contributed by atoms with Crippen molar-refractivity contribution < 1.29 is 4.74 Å². The van der Waals surface area contributed by atoms with Gasteiger partial charge in [0.2, 0.25) is 0 Å². The second-order valence-electron chi connectivity index (χ2n) is 5.46. The summed E-state index contributed by atoms with van der Waals surface area (Å²) in [5.41, 5.74) is 5.25. The summed E-state index contributed by atoms with van der Waals surface area (Å²) in [6.07, 6.45) is 6.72. The average Bonchev–Trinajstić information content (AvgIpc) is 3.05. The first kappa shape index (κ1) is 15.9. The van der Waals surface area contributed by atoms with Gasteiger partial charge in [0, 0.05) is 26.1 Å². The van der Waals surface area contributed by atoms with Crippen molar-refractivity contribution in [1.29, 1.82) is 0 Å². The van der Waals surface area contributed by atoms with E-state index < -0.39 is 0 Å². The molecule has 1 aromatic rings. The Hall–Kier alpha value is -0.430. The van der Waals surface area contributed by atoms with Crippen LogP contribution in [-0.4, -0.2) is 28.5 Å². The Morgan fingerprint density at radius 2 is 2.40 bits per heavy atom. The molecule has 2 unspecified atom stereocenters. The van der Waals surface area contributed by atoms with Crippen molar-refractivity contribution in [3.63, 3.8) is 0 Å². The maximum absolute atomic E-state index is 5.71. The zero-order chi connectivity index (χ0) is 14.5. The average molecular weight is 345 g/mol. The normalized spacial score (nSPS) is 20.5. The van der Waals surface area contributed by atoms with Gasteiger partial charge in [-0.2, -0.15) is 5.10 Å². The van der Waals surface area contributed by atoms with Gasteiger partial charge >= 0.3 is 0 Å². The third-order valence-corrected chi connectivity index (χ3v) is 4.95. The van der Waals surface area contributed by atoms with Gasteiger partial charge in [0.15, 0.2) is 0 Å². The zero-order valence-electron chi connectivity index (χ0n) is 12.4. The van der Waals surface area contributed by atoms with Crippen LogP contribution in [0.25, 0.3) is 0 Å². The first-order valence-electron chi connectivity index (χ1n) is 7.43. The highest BCUT2D eigenvalue weighted by molar-refractivity contribution is 9.10. The predicted octanol–water partition coefficient (Wildman–Crippen LogP) is 2.08. The van der Waals surface area contributed by atoms with Gasteiger partial charge in [-0.25, -0.2) is 0 Å². The van der Waals surface area contributed by atoms with Gasteiger partial charge in [-0.15, -0.1) is 0 Å². The Kier molecular flexibility index (Phi) is 6.01. The molecule has 1 aliphatic rings. The van der Waals surface area contributed by atoms with Gasteiger partial charge in [0.05, 0.1) is 22.0 Å². The van der Waals surface area contributed by atoms with Crippen LogP contribution in [0, 0.1) is 0 Å². The van der Waals surface area contributed by atoms with Crippen molar-refractivity contribution in [2.24, 2.45) is 12.9 Å². The molecule has 0 radical (unpaired) electrons. The quantitative estimate of drug-likeness (QED) is 0.587. The summed E-state index contributed by atoms with van der Waals surface area (Å²) in [6.45, 7) is 3.03. The van der Waals surface area contributed by atoms with Crippen molar-refractivity contribution in [2.75, 3.05) is 6.61 Å². The van der Waals surface area contributed by atoms with Gasteiger partial charge in [-0.05, 0) is 48.0 Å². The van der Waals surface area contributed by atoms with Crippen LogP contribution in [0.4, 0.5) is 0 Å². The first-order chi connectivity index (χ1) is 9.65. The number of rotatable bonds is 7. The number of hydrazine groups is 1. The Labute approximate surface area is 129 Å². The molecule has 5 nitrogen and oxygen atoms in total. The van der Waals surface area contributed by atoms with Gasteiger partial charge < -0.3 is 4.74 Å². The zero-order valence-corrected chi connectivity index (χ0v) is 13.9. The molecule has 0 amide bonds. The molecule has 2 atom stereocenters. The number of hydrogen-bond acceptors (Lipinski definition) is 4. The molecule has 2 heterocycles. The van der Waals surface area contributed by atoms with Crippen molar-refractivity contribution in [2.45, 2.75) is 57.6 Å². The minimum absolute atomic E-state index is 0.260. The summed E-state index contributed by atoms with van der Waals surface area (Å²) >= 11 is 3.66. The summed E-state index contributed by atoms with van der Waals surface area (Å²) in [4.78, 5) is 0. The summed E-state index contributed by atoms with van der Waals surface area (Å²) in [5, 5.41) is 4.53. The summed E-state index contributed by atoms with van der Waals surface area (Å²) in [6, 6.07) is 0.260. The second-order valence-corrected chi connectivity index (χ2v) is 6.26. The maximum atomic E-state index is 5.71. The highest BCUT2D eigenvalue weighted by Crippen LogP contribution is 2.24. The van der Waals surface area contributed by atoms with Crippen molar-refractivity contribution >= 4 is 15.9 Å². The smallest absolute Gasteiger partial charge is 0.0766 e. The van der Waals surface area contributed by atoms with E-state index in [-0.39, 0.29) is 6.04 Å².